The molecule has 6 heteroatoms. The minimum atomic E-state index is -0.276. The number of hydrogen-bond donors (Lipinski definition) is 2. The van der Waals surface area contributed by atoms with E-state index in [1.807, 2.05) is 42.5 Å². The second-order valence-corrected chi connectivity index (χ2v) is 6.34. The molecule has 0 saturated heterocycles. The van der Waals surface area contributed by atoms with Crippen LogP contribution in [0.3, 0.4) is 0 Å². The number of nitrogens with one attached hydrogen (secondary N) is 2. The van der Waals surface area contributed by atoms with E-state index in [4.69, 9.17) is 0 Å². The lowest BCUT2D eigenvalue weighted by molar-refractivity contribution is 0.0942. The van der Waals surface area contributed by atoms with Crippen LogP contribution in [0.5, 0.6) is 0 Å². The molecule has 0 radical (unpaired) electrons. The van der Waals surface area contributed by atoms with Crippen molar-refractivity contribution in [3.63, 3.8) is 0 Å². The molecule has 0 bridgehead atoms. The van der Waals surface area contributed by atoms with E-state index in [0.717, 1.165) is 24.8 Å². The maximum absolute atomic E-state index is 12.6. The van der Waals surface area contributed by atoms with Gasteiger partial charge in [0.15, 0.2) is 5.69 Å². The summed E-state index contributed by atoms with van der Waals surface area (Å²) in [5.74, 6) is -0.315. The van der Waals surface area contributed by atoms with Gasteiger partial charge in [-0.15, -0.1) is 0 Å². The van der Waals surface area contributed by atoms with Gasteiger partial charge in [-0.3, -0.25) is 14.0 Å². The van der Waals surface area contributed by atoms with E-state index >= 15 is 0 Å². The summed E-state index contributed by atoms with van der Waals surface area (Å²) in [6.45, 7) is 3.16. The molecule has 0 atom stereocenters. The highest BCUT2D eigenvalue weighted by Crippen LogP contribution is 2.13. The molecule has 2 N–H and O–H groups in total. The number of imidazole rings is 1. The molecule has 140 valence electrons. The van der Waals surface area contributed by atoms with Crippen LogP contribution in [0.1, 0.15) is 46.4 Å². The van der Waals surface area contributed by atoms with Crippen LogP contribution in [0.2, 0.25) is 0 Å². The maximum Gasteiger partial charge on any atom is 0.287 e. The van der Waals surface area contributed by atoms with Gasteiger partial charge in [-0.1, -0.05) is 49.7 Å². The van der Waals surface area contributed by atoms with Crippen molar-refractivity contribution in [1.82, 2.24) is 20.0 Å². The number of carbonyl (C=O) groups excluding carboxylic acids is 2. The number of aromatic nitrogens is 2. The lowest BCUT2D eigenvalue weighted by atomic mass is 10.1. The highest BCUT2D eigenvalue weighted by atomic mass is 16.2. The minimum Gasteiger partial charge on any atom is -0.350 e. The Labute approximate surface area is 158 Å². The Hall–Kier alpha value is -3.15. The third kappa shape index (κ3) is 4.53. The zero-order chi connectivity index (χ0) is 19.1. The van der Waals surface area contributed by atoms with Gasteiger partial charge in [0, 0.05) is 19.3 Å². The van der Waals surface area contributed by atoms with Crippen molar-refractivity contribution >= 4 is 17.3 Å². The summed E-state index contributed by atoms with van der Waals surface area (Å²) >= 11 is 0. The van der Waals surface area contributed by atoms with Crippen molar-refractivity contribution in [2.75, 3.05) is 13.1 Å². The number of rotatable bonds is 8. The van der Waals surface area contributed by atoms with Gasteiger partial charge in [-0.05, 0) is 30.5 Å². The highest BCUT2D eigenvalue weighted by Gasteiger charge is 2.20. The number of unbranched alkanes of at least 4 members (excludes halogenated alkanes) is 1. The van der Waals surface area contributed by atoms with Gasteiger partial charge in [-0.2, -0.15) is 0 Å². The van der Waals surface area contributed by atoms with Crippen LogP contribution >= 0.6 is 0 Å². The molecule has 1 aromatic carbocycles. The SMILES string of the molecule is CCCCNC(=O)c1nc(C(=O)NCCc2ccccc2)c2ccccn12. The molecule has 2 aromatic heterocycles. The highest BCUT2D eigenvalue weighted by molar-refractivity contribution is 6.02. The molecule has 0 saturated carbocycles. The fourth-order valence-electron chi connectivity index (χ4n) is 2.87. The number of nitrogens with zero attached hydrogens (tertiary/aromatic N) is 2. The van der Waals surface area contributed by atoms with Crippen molar-refractivity contribution < 1.29 is 9.59 Å². The Kier molecular flexibility index (Phi) is 6.20. The summed E-state index contributed by atoms with van der Waals surface area (Å²) in [5.41, 5.74) is 2.04. The number of fused-ring (bicyclic) bond motifs is 1. The summed E-state index contributed by atoms with van der Waals surface area (Å²) in [6.07, 6.45) is 4.39. The number of hydrogen-bond acceptors (Lipinski definition) is 3. The fraction of sp³-hybridized carbons (Fsp3) is 0.286. The van der Waals surface area contributed by atoms with Crippen molar-refractivity contribution in [1.29, 1.82) is 0 Å². The third-order valence-electron chi connectivity index (χ3n) is 4.32. The van der Waals surface area contributed by atoms with Crippen molar-refractivity contribution in [3.8, 4) is 0 Å². The van der Waals surface area contributed by atoms with Gasteiger partial charge in [0.2, 0.25) is 5.82 Å². The second-order valence-electron chi connectivity index (χ2n) is 6.34. The average Bonchev–Trinajstić information content (AvgIpc) is 3.09. The van der Waals surface area contributed by atoms with Crippen molar-refractivity contribution in [2.24, 2.45) is 0 Å². The van der Waals surface area contributed by atoms with E-state index < -0.39 is 0 Å². The lowest BCUT2D eigenvalue weighted by Gasteiger charge is -2.04. The maximum atomic E-state index is 12.6. The van der Waals surface area contributed by atoms with Crippen molar-refractivity contribution in [2.45, 2.75) is 26.2 Å². The lowest BCUT2D eigenvalue weighted by Crippen LogP contribution is -2.27. The predicted molar refractivity (Wildman–Crippen MR) is 105 cm³/mol. The van der Waals surface area contributed by atoms with Crippen LogP contribution in [0, 0.1) is 0 Å². The van der Waals surface area contributed by atoms with Crippen LogP contribution in [0.25, 0.3) is 5.52 Å². The first-order chi connectivity index (χ1) is 13.2. The van der Waals surface area contributed by atoms with E-state index in [9.17, 15) is 9.59 Å². The van der Waals surface area contributed by atoms with Crippen LogP contribution in [-0.4, -0.2) is 34.3 Å². The Morgan fingerprint density at radius 3 is 2.48 bits per heavy atom. The molecular weight excluding hydrogens is 340 g/mol. The smallest absolute Gasteiger partial charge is 0.287 e. The molecule has 0 unspecified atom stereocenters. The van der Waals surface area contributed by atoms with Crippen LogP contribution in [0.15, 0.2) is 54.7 Å². The molecule has 2 heterocycles. The number of pyridine rings is 1. The molecule has 0 spiro atoms. The van der Waals surface area contributed by atoms with Crippen LogP contribution in [0.4, 0.5) is 0 Å². The van der Waals surface area contributed by atoms with Crippen LogP contribution in [-0.2, 0) is 6.42 Å². The van der Waals surface area contributed by atoms with Gasteiger partial charge in [0.25, 0.3) is 11.8 Å². The van der Waals surface area contributed by atoms with Gasteiger partial charge in [0.1, 0.15) is 0 Å². The predicted octanol–water partition coefficient (Wildman–Crippen LogP) is 2.84. The summed E-state index contributed by atoms with van der Waals surface area (Å²) < 4.78 is 1.66. The molecular formula is C21H24N4O2. The number of carbonyl (C=O) groups is 2. The van der Waals surface area contributed by atoms with E-state index in [2.05, 4.69) is 22.5 Å². The minimum absolute atomic E-state index is 0.231. The first-order valence-electron chi connectivity index (χ1n) is 9.28. The first-order valence-corrected chi connectivity index (χ1v) is 9.28. The van der Waals surface area contributed by atoms with Crippen LogP contribution < -0.4 is 10.6 Å². The molecule has 27 heavy (non-hydrogen) atoms. The molecule has 0 fully saturated rings. The van der Waals surface area contributed by atoms with Gasteiger partial charge in [0.05, 0.1) is 5.52 Å². The van der Waals surface area contributed by atoms with E-state index in [0.29, 0.717) is 18.6 Å². The molecule has 0 aliphatic rings. The Morgan fingerprint density at radius 1 is 0.963 bits per heavy atom. The molecule has 6 nitrogen and oxygen atoms in total. The van der Waals surface area contributed by atoms with E-state index in [1.165, 1.54) is 0 Å². The summed E-state index contributed by atoms with van der Waals surface area (Å²) in [6, 6.07) is 15.4. The second kappa shape index (κ2) is 8.98. The van der Waals surface area contributed by atoms with E-state index in [1.54, 1.807) is 16.7 Å². The van der Waals surface area contributed by atoms with Gasteiger partial charge in [-0.25, -0.2) is 4.98 Å². The van der Waals surface area contributed by atoms with E-state index in [-0.39, 0.29) is 23.3 Å². The normalized spacial score (nSPS) is 10.7. The Morgan fingerprint density at radius 2 is 1.70 bits per heavy atom. The fourth-order valence-corrected chi connectivity index (χ4v) is 2.87. The zero-order valence-electron chi connectivity index (χ0n) is 15.4. The first kappa shape index (κ1) is 18.6. The standard InChI is InChI=1S/C21H24N4O2/c1-2-3-13-22-21(27)19-24-18(17-11-7-8-15-25(17)19)20(26)23-14-12-16-9-5-4-6-10-16/h4-11,15H,2-3,12-14H2,1H3,(H,22,27)(H,23,26). The zero-order valence-corrected chi connectivity index (χ0v) is 15.4. The average molecular weight is 364 g/mol. The number of amides is 2. The summed E-state index contributed by atoms with van der Waals surface area (Å²) in [4.78, 5) is 29.4. The third-order valence-corrected chi connectivity index (χ3v) is 4.32. The van der Waals surface area contributed by atoms with Crippen molar-refractivity contribution in [3.05, 3.63) is 71.8 Å². The Balaban J connectivity index is 1.73. The quantitative estimate of drug-likeness (QED) is 0.604. The number of benzene rings is 1. The summed E-state index contributed by atoms with van der Waals surface area (Å²) in [7, 11) is 0. The Bertz CT molecular complexity index is 918. The summed E-state index contributed by atoms with van der Waals surface area (Å²) in [5, 5.41) is 5.75. The molecule has 2 amide bonds. The largest absolute Gasteiger partial charge is 0.350 e. The molecule has 3 rings (SSSR count). The topological polar surface area (TPSA) is 75.5 Å². The monoisotopic (exact) mass is 364 g/mol. The van der Waals surface area contributed by atoms with Gasteiger partial charge >= 0.3 is 0 Å². The van der Waals surface area contributed by atoms with Gasteiger partial charge < -0.3 is 10.6 Å². The molecule has 0 aliphatic carbocycles. The molecule has 0 aliphatic heterocycles. The molecule has 3 aromatic rings.